The van der Waals surface area contributed by atoms with Crippen LogP contribution >= 0.6 is 35.6 Å². The van der Waals surface area contributed by atoms with Crippen molar-refractivity contribution in [2.75, 3.05) is 19.6 Å². The molecule has 0 radical (unpaired) electrons. The zero-order chi connectivity index (χ0) is 15.6. The molecule has 2 rings (SSSR count). The summed E-state index contributed by atoms with van der Waals surface area (Å²) in [5.74, 6) is 1.25. The molecule has 0 aliphatic heterocycles. The van der Waals surface area contributed by atoms with Crippen LogP contribution in [0.4, 0.5) is 0 Å². The van der Waals surface area contributed by atoms with Crippen molar-refractivity contribution in [3.05, 3.63) is 28.0 Å². The number of hydrogen-bond acceptors (Lipinski definition) is 1. The molecule has 1 aromatic heterocycles. The molecular formula is C16H25Cl4N3. The number of fused-ring (bicyclic) bond motifs is 1. The second-order valence-corrected chi connectivity index (χ2v) is 6.04. The molecule has 0 saturated heterocycles. The van der Waals surface area contributed by atoms with Crippen molar-refractivity contribution in [2.45, 2.75) is 40.8 Å². The average molecular weight is 401 g/mol. The Kier molecular flexibility index (Phi) is 9.87. The molecule has 1 aromatic carbocycles. The molecule has 0 aliphatic carbocycles. The average Bonchev–Trinajstić information content (AvgIpc) is 2.72. The van der Waals surface area contributed by atoms with Crippen LogP contribution < -0.4 is 17.0 Å². The second kappa shape index (κ2) is 9.95. The highest BCUT2D eigenvalue weighted by atomic mass is 35.5. The zero-order valence-corrected chi connectivity index (χ0v) is 17.2. The summed E-state index contributed by atoms with van der Waals surface area (Å²) in [7, 11) is 0. The number of hydrogen-bond donors (Lipinski definition) is 0. The molecule has 0 amide bonds. The Bertz CT molecular complexity index is 636. The number of nitrogens with zero attached hydrogens (tertiary/aromatic N) is 3. The van der Waals surface area contributed by atoms with E-state index in [1.807, 2.05) is 12.1 Å². The maximum atomic E-state index is 6.22. The molecule has 1 heterocycles. The summed E-state index contributed by atoms with van der Waals surface area (Å²) in [6.45, 7) is 13.8. The molecule has 0 N–H and O–H groups in total. The predicted molar refractivity (Wildman–Crippen MR) is 97.6 cm³/mol. The van der Waals surface area contributed by atoms with Gasteiger partial charge in [-0.25, -0.2) is 9.13 Å². The Hall–Kier alpha value is -0.190. The number of halogens is 4. The topological polar surface area (TPSA) is 12.1 Å². The van der Waals surface area contributed by atoms with Crippen molar-refractivity contribution in [3.8, 4) is 0 Å². The van der Waals surface area contributed by atoms with E-state index in [2.05, 4.69) is 41.7 Å². The molecule has 0 spiro atoms. The van der Waals surface area contributed by atoms with Crippen LogP contribution in [0.1, 0.15) is 26.6 Å². The molecule has 0 atom stereocenters. The van der Waals surface area contributed by atoms with Crippen LogP contribution in [0.3, 0.4) is 0 Å². The van der Waals surface area contributed by atoms with Gasteiger partial charge in [0, 0.05) is 25.6 Å². The normalized spacial score (nSPS) is 10.7. The summed E-state index contributed by atoms with van der Waals surface area (Å²) in [6, 6.07) is 3.96. The smallest absolute Gasteiger partial charge is 0.254 e. The van der Waals surface area contributed by atoms with Gasteiger partial charge >= 0.3 is 0 Å². The zero-order valence-electron chi connectivity index (χ0n) is 14.1. The Labute approximate surface area is 161 Å². The second-order valence-electron chi connectivity index (χ2n) is 5.23. The number of aryl methyl sites for hydroxylation is 1. The minimum Gasteiger partial charge on any atom is -1.00 e. The molecule has 23 heavy (non-hydrogen) atoms. The van der Waals surface area contributed by atoms with E-state index in [1.165, 1.54) is 5.82 Å². The van der Waals surface area contributed by atoms with Gasteiger partial charge in [-0.15, -0.1) is 12.4 Å². The van der Waals surface area contributed by atoms with Crippen molar-refractivity contribution in [1.29, 1.82) is 0 Å². The third-order valence-corrected chi connectivity index (χ3v) is 4.95. The highest BCUT2D eigenvalue weighted by Crippen LogP contribution is 2.27. The Morgan fingerprint density at radius 3 is 2.17 bits per heavy atom. The fraction of sp³-hybridized carbons (Fsp3) is 0.562. The van der Waals surface area contributed by atoms with E-state index in [1.54, 1.807) is 0 Å². The van der Waals surface area contributed by atoms with E-state index in [4.69, 9.17) is 23.2 Å². The maximum absolute atomic E-state index is 6.22. The Morgan fingerprint density at radius 2 is 1.65 bits per heavy atom. The van der Waals surface area contributed by atoms with Crippen LogP contribution in [0.25, 0.3) is 11.0 Å². The fourth-order valence-corrected chi connectivity index (χ4v) is 3.23. The minimum atomic E-state index is 0. The van der Waals surface area contributed by atoms with Crippen LogP contribution in [-0.2, 0) is 13.1 Å². The summed E-state index contributed by atoms with van der Waals surface area (Å²) < 4.78 is 4.64. The standard InChI is InChI=1S/C16H24Cl2N3.2ClH/c1-5-19(6-2)8-9-21-12(4)20(7-3)15-10-13(17)14(18)11-16(15)21;;/h10-11H,5-9H2,1-4H3;2*1H/q+1;;/p-1. The monoisotopic (exact) mass is 399 g/mol. The summed E-state index contributed by atoms with van der Waals surface area (Å²) in [5, 5.41) is 1.24. The summed E-state index contributed by atoms with van der Waals surface area (Å²) in [5.41, 5.74) is 2.32. The number of benzene rings is 1. The van der Waals surface area contributed by atoms with Gasteiger partial charge in [-0.1, -0.05) is 37.0 Å². The third-order valence-electron chi connectivity index (χ3n) is 4.23. The molecule has 0 aliphatic rings. The van der Waals surface area contributed by atoms with Crippen LogP contribution in [0.2, 0.25) is 10.0 Å². The first-order valence-electron chi connectivity index (χ1n) is 7.63. The van der Waals surface area contributed by atoms with Crippen LogP contribution in [0.5, 0.6) is 0 Å². The lowest BCUT2D eigenvalue weighted by molar-refractivity contribution is -0.678. The van der Waals surface area contributed by atoms with Gasteiger partial charge in [0.2, 0.25) is 0 Å². The van der Waals surface area contributed by atoms with E-state index in [9.17, 15) is 0 Å². The molecule has 132 valence electrons. The first kappa shape index (κ1) is 22.8. The highest BCUT2D eigenvalue weighted by molar-refractivity contribution is 6.42. The van der Waals surface area contributed by atoms with E-state index >= 15 is 0 Å². The Balaban J connectivity index is 0.00000242. The van der Waals surface area contributed by atoms with Gasteiger partial charge in [0.15, 0.2) is 11.0 Å². The summed E-state index contributed by atoms with van der Waals surface area (Å²) in [6.07, 6.45) is 0. The largest absolute Gasteiger partial charge is 1.00 e. The van der Waals surface area contributed by atoms with Gasteiger partial charge in [0.05, 0.1) is 16.6 Å². The van der Waals surface area contributed by atoms with E-state index in [0.29, 0.717) is 10.0 Å². The molecule has 7 heteroatoms. The molecule has 0 fully saturated rings. The van der Waals surface area contributed by atoms with Gasteiger partial charge in [-0.05, 0) is 20.0 Å². The van der Waals surface area contributed by atoms with E-state index in [0.717, 1.165) is 43.8 Å². The molecule has 0 saturated carbocycles. The summed E-state index contributed by atoms with van der Waals surface area (Å²) >= 11 is 12.4. The molecule has 0 unspecified atom stereocenters. The van der Waals surface area contributed by atoms with Crippen molar-refractivity contribution in [2.24, 2.45) is 0 Å². The van der Waals surface area contributed by atoms with Crippen molar-refractivity contribution in [1.82, 2.24) is 9.47 Å². The molecule has 2 aromatic rings. The van der Waals surface area contributed by atoms with Gasteiger partial charge < -0.3 is 12.4 Å². The first-order chi connectivity index (χ1) is 10.0. The van der Waals surface area contributed by atoms with Gasteiger partial charge in [-0.2, -0.15) is 0 Å². The van der Waals surface area contributed by atoms with Gasteiger partial charge in [0.25, 0.3) is 5.82 Å². The highest BCUT2D eigenvalue weighted by Gasteiger charge is 2.22. The van der Waals surface area contributed by atoms with E-state index < -0.39 is 0 Å². The first-order valence-corrected chi connectivity index (χ1v) is 8.39. The molecular weight excluding hydrogens is 376 g/mol. The van der Waals surface area contributed by atoms with Crippen molar-refractivity contribution < 1.29 is 17.0 Å². The maximum Gasteiger partial charge on any atom is 0.254 e. The van der Waals surface area contributed by atoms with Crippen LogP contribution in [0, 0.1) is 6.92 Å². The van der Waals surface area contributed by atoms with E-state index in [-0.39, 0.29) is 24.8 Å². The molecule has 3 nitrogen and oxygen atoms in total. The number of imidazole rings is 1. The third kappa shape index (κ3) is 4.67. The van der Waals surface area contributed by atoms with Crippen LogP contribution in [-0.4, -0.2) is 29.1 Å². The quantitative estimate of drug-likeness (QED) is 0.666. The van der Waals surface area contributed by atoms with Crippen molar-refractivity contribution >= 4 is 46.6 Å². The predicted octanol–water partition coefficient (Wildman–Crippen LogP) is 1.33. The lowest BCUT2D eigenvalue weighted by Gasteiger charge is -2.16. The summed E-state index contributed by atoms with van der Waals surface area (Å²) in [4.78, 5) is 2.43. The molecule has 0 bridgehead atoms. The SMILES string of the molecule is CCN(CC)CC[n+]1c(C)n(CC)c2cc(Cl)c(Cl)cc21.Cl.[Cl-]. The number of likely N-dealkylation sites (N-methyl/N-ethyl adjacent to an activating group) is 1. The van der Waals surface area contributed by atoms with Gasteiger partial charge in [0.1, 0.15) is 6.54 Å². The number of aromatic nitrogens is 2. The lowest BCUT2D eigenvalue weighted by Crippen LogP contribution is -3.00. The minimum absolute atomic E-state index is 0. The number of rotatable bonds is 6. The van der Waals surface area contributed by atoms with Gasteiger partial charge in [-0.3, -0.25) is 4.90 Å². The lowest BCUT2D eigenvalue weighted by atomic mass is 10.3. The Morgan fingerprint density at radius 1 is 1.09 bits per heavy atom. The van der Waals surface area contributed by atoms with Crippen molar-refractivity contribution in [3.63, 3.8) is 0 Å². The van der Waals surface area contributed by atoms with Crippen LogP contribution in [0.15, 0.2) is 12.1 Å². The fourth-order valence-electron chi connectivity index (χ4n) is 2.92.